The molecule has 6 heteroatoms. The molecule has 0 aromatic heterocycles. The highest BCUT2D eigenvalue weighted by molar-refractivity contribution is 6.48. The van der Waals surface area contributed by atoms with Crippen molar-refractivity contribution < 1.29 is 5.11 Å². The van der Waals surface area contributed by atoms with E-state index in [0.29, 0.717) is 38.5 Å². The molecule has 1 aromatic rings. The molecule has 1 unspecified atom stereocenters. The van der Waals surface area contributed by atoms with Gasteiger partial charge in [-0.2, -0.15) is 0 Å². The number of nitrogens with two attached hydrogens (primary N) is 1. The molecule has 0 saturated carbocycles. The second-order valence-electron chi connectivity index (χ2n) is 3.37. The molecule has 0 bridgehead atoms. The summed E-state index contributed by atoms with van der Waals surface area (Å²) in [4.78, 5) is 0. The largest absolute Gasteiger partial charge is 0.392 e. The third kappa shape index (κ3) is 3.39. The highest BCUT2D eigenvalue weighted by Crippen LogP contribution is 2.37. The van der Waals surface area contributed by atoms with E-state index in [1.54, 1.807) is 0 Å². The molecule has 1 rings (SSSR count). The number of benzene rings is 1. The Morgan fingerprint density at radius 2 is 1.62 bits per heavy atom. The number of aliphatic hydroxyl groups is 1. The summed E-state index contributed by atoms with van der Waals surface area (Å²) in [6.07, 6.45) is 0.369. The summed E-state index contributed by atoms with van der Waals surface area (Å²) in [5.41, 5.74) is 5.95. The Hall–Kier alpha value is 0.300. The molecule has 1 aromatic carbocycles. The molecule has 0 amide bonds. The number of halogens is 4. The standard InChI is InChI=1S/C10H11Cl4NO/c11-7-3-8(12)10(14)6(9(7)13)2-1-5(16)4-15/h3,5,16H,1-2,4,15H2. The number of aliphatic hydroxyl groups excluding tert-OH is 1. The molecule has 0 saturated heterocycles. The first-order chi connectivity index (χ1) is 7.47. The van der Waals surface area contributed by atoms with Gasteiger partial charge in [-0.3, -0.25) is 0 Å². The number of rotatable bonds is 4. The molecular formula is C10H11Cl4NO. The van der Waals surface area contributed by atoms with Crippen LogP contribution in [0.15, 0.2) is 6.07 Å². The Kier molecular flexibility index (Phi) is 5.65. The molecule has 0 aliphatic rings. The smallest absolute Gasteiger partial charge is 0.0665 e. The molecule has 3 N–H and O–H groups in total. The van der Waals surface area contributed by atoms with Gasteiger partial charge in [0.15, 0.2) is 0 Å². The lowest BCUT2D eigenvalue weighted by atomic mass is 10.1. The van der Waals surface area contributed by atoms with Crippen molar-refractivity contribution >= 4 is 46.4 Å². The SMILES string of the molecule is NCC(O)CCc1c(Cl)c(Cl)cc(Cl)c1Cl. The van der Waals surface area contributed by atoms with Gasteiger partial charge < -0.3 is 10.8 Å². The Bertz CT molecular complexity index is 357. The summed E-state index contributed by atoms with van der Waals surface area (Å²) in [6, 6.07) is 1.50. The number of hydrogen-bond donors (Lipinski definition) is 2. The summed E-state index contributed by atoms with van der Waals surface area (Å²) >= 11 is 23.8. The molecule has 0 aliphatic carbocycles. The predicted octanol–water partition coefficient (Wildman–Crippen LogP) is 3.55. The fourth-order valence-electron chi connectivity index (χ4n) is 1.27. The molecule has 0 heterocycles. The summed E-state index contributed by atoms with van der Waals surface area (Å²) in [5.74, 6) is 0. The molecule has 90 valence electrons. The maximum absolute atomic E-state index is 9.36. The van der Waals surface area contributed by atoms with Gasteiger partial charge in [-0.1, -0.05) is 46.4 Å². The van der Waals surface area contributed by atoms with Crippen LogP contribution in [0.2, 0.25) is 20.1 Å². The average Bonchev–Trinajstić information content (AvgIpc) is 2.26. The van der Waals surface area contributed by atoms with Gasteiger partial charge >= 0.3 is 0 Å². The van der Waals surface area contributed by atoms with Crippen LogP contribution in [0.1, 0.15) is 12.0 Å². The summed E-state index contributed by atoms with van der Waals surface area (Å²) in [6.45, 7) is 0.198. The molecule has 2 nitrogen and oxygen atoms in total. The van der Waals surface area contributed by atoms with E-state index >= 15 is 0 Å². The number of hydrogen-bond acceptors (Lipinski definition) is 2. The van der Waals surface area contributed by atoms with Gasteiger partial charge in [-0.25, -0.2) is 0 Å². The lowest BCUT2D eigenvalue weighted by molar-refractivity contribution is 0.173. The molecule has 0 fully saturated rings. The van der Waals surface area contributed by atoms with Crippen LogP contribution < -0.4 is 5.73 Å². The van der Waals surface area contributed by atoms with Crippen molar-refractivity contribution in [2.45, 2.75) is 18.9 Å². The fourth-order valence-corrected chi connectivity index (χ4v) is 2.31. The Morgan fingerprint density at radius 1 is 1.12 bits per heavy atom. The topological polar surface area (TPSA) is 46.2 Å². The van der Waals surface area contributed by atoms with Crippen LogP contribution in [-0.2, 0) is 6.42 Å². The molecule has 16 heavy (non-hydrogen) atoms. The Balaban J connectivity index is 2.94. The highest BCUT2D eigenvalue weighted by Gasteiger charge is 2.14. The zero-order chi connectivity index (χ0) is 12.3. The molecule has 0 spiro atoms. The van der Waals surface area contributed by atoms with E-state index in [-0.39, 0.29) is 6.54 Å². The minimum atomic E-state index is -0.579. The first-order valence-corrected chi connectivity index (χ1v) is 6.18. The Labute approximate surface area is 114 Å². The van der Waals surface area contributed by atoms with Gasteiger partial charge in [0.1, 0.15) is 0 Å². The molecular weight excluding hydrogens is 292 g/mol. The van der Waals surface area contributed by atoms with Crippen LogP contribution in [-0.4, -0.2) is 17.8 Å². The van der Waals surface area contributed by atoms with Crippen molar-refractivity contribution in [1.82, 2.24) is 0 Å². The maximum atomic E-state index is 9.36. The van der Waals surface area contributed by atoms with E-state index in [4.69, 9.17) is 52.1 Å². The van der Waals surface area contributed by atoms with Gasteiger partial charge in [0.25, 0.3) is 0 Å². The van der Waals surface area contributed by atoms with Gasteiger partial charge in [-0.15, -0.1) is 0 Å². The monoisotopic (exact) mass is 301 g/mol. The summed E-state index contributed by atoms with van der Waals surface area (Å²) in [7, 11) is 0. The van der Waals surface area contributed by atoms with E-state index in [2.05, 4.69) is 0 Å². The zero-order valence-electron chi connectivity index (χ0n) is 8.31. The van der Waals surface area contributed by atoms with Gasteiger partial charge in [0, 0.05) is 6.54 Å². The van der Waals surface area contributed by atoms with Gasteiger partial charge in [0.05, 0.1) is 26.2 Å². The molecule has 0 radical (unpaired) electrons. The third-order valence-corrected chi connectivity index (χ3v) is 3.86. The second-order valence-corrected chi connectivity index (χ2v) is 4.95. The normalized spacial score (nSPS) is 12.9. The van der Waals surface area contributed by atoms with Gasteiger partial charge in [-0.05, 0) is 24.5 Å². The van der Waals surface area contributed by atoms with E-state index in [1.807, 2.05) is 0 Å². The van der Waals surface area contributed by atoms with Crippen LogP contribution in [0.3, 0.4) is 0 Å². The van der Waals surface area contributed by atoms with E-state index in [0.717, 1.165) is 0 Å². The van der Waals surface area contributed by atoms with Crippen molar-refractivity contribution in [2.75, 3.05) is 6.54 Å². The minimum absolute atomic E-state index is 0.198. The van der Waals surface area contributed by atoms with Crippen molar-refractivity contribution in [3.63, 3.8) is 0 Å². The van der Waals surface area contributed by atoms with Crippen molar-refractivity contribution in [2.24, 2.45) is 5.73 Å². The van der Waals surface area contributed by atoms with Gasteiger partial charge in [0.2, 0.25) is 0 Å². The molecule has 1 atom stereocenters. The maximum Gasteiger partial charge on any atom is 0.0665 e. The lowest BCUT2D eigenvalue weighted by Gasteiger charge is -2.12. The first-order valence-electron chi connectivity index (χ1n) is 4.67. The zero-order valence-corrected chi connectivity index (χ0v) is 11.3. The van der Waals surface area contributed by atoms with E-state index in [9.17, 15) is 5.11 Å². The molecule has 0 aliphatic heterocycles. The third-order valence-electron chi connectivity index (χ3n) is 2.20. The van der Waals surface area contributed by atoms with E-state index in [1.165, 1.54) is 6.07 Å². The van der Waals surface area contributed by atoms with Crippen molar-refractivity contribution in [3.05, 3.63) is 31.7 Å². The summed E-state index contributed by atoms with van der Waals surface area (Å²) < 4.78 is 0. The lowest BCUT2D eigenvalue weighted by Crippen LogP contribution is -2.20. The quantitative estimate of drug-likeness (QED) is 0.836. The average molecular weight is 303 g/mol. The fraction of sp³-hybridized carbons (Fsp3) is 0.400. The van der Waals surface area contributed by atoms with Crippen LogP contribution in [0.5, 0.6) is 0 Å². The van der Waals surface area contributed by atoms with Crippen LogP contribution in [0, 0.1) is 0 Å². The van der Waals surface area contributed by atoms with E-state index < -0.39 is 6.10 Å². The Morgan fingerprint density at radius 3 is 2.06 bits per heavy atom. The highest BCUT2D eigenvalue weighted by atomic mass is 35.5. The van der Waals surface area contributed by atoms with Crippen LogP contribution in [0.4, 0.5) is 0 Å². The predicted molar refractivity (Wildman–Crippen MR) is 69.9 cm³/mol. The van der Waals surface area contributed by atoms with Crippen molar-refractivity contribution in [1.29, 1.82) is 0 Å². The minimum Gasteiger partial charge on any atom is -0.392 e. The van der Waals surface area contributed by atoms with Crippen LogP contribution in [0.25, 0.3) is 0 Å². The van der Waals surface area contributed by atoms with Crippen molar-refractivity contribution in [3.8, 4) is 0 Å². The summed E-state index contributed by atoms with van der Waals surface area (Å²) in [5, 5.41) is 10.8. The van der Waals surface area contributed by atoms with Crippen LogP contribution >= 0.6 is 46.4 Å². The second kappa shape index (κ2) is 6.29. The first kappa shape index (κ1) is 14.4.